The summed E-state index contributed by atoms with van der Waals surface area (Å²) in [5.41, 5.74) is 7.40. The number of hydrogen-bond acceptors (Lipinski definition) is 4. The van der Waals surface area contributed by atoms with Gasteiger partial charge in [-0.3, -0.25) is 9.59 Å². The SMILES string of the molecule is CN(C)CCC(=O)Nc1ccc(NC(=O)CC2(CN)CCCCC2)cc1.Cl.Cl. The monoisotopic (exact) mass is 432 g/mol. The van der Waals surface area contributed by atoms with E-state index in [9.17, 15) is 9.59 Å². The summed E-state index contributed by atoms with van der Waals surface area (Å²) in [6.07, 6.45) is 6.56. The Morgan fingerprint density at radius 1 is 0.964 bits per heavy atom. The second-order valence-electron chi connectivity index (χ2n) is 7.67. The van der Waals surface area contributed by atoms with Crippen molar-refractivity contribution in [3.63, 3.8) is 0 Å². The van der Waals surface area contributed by atoms with Gasteiger partial charge in [-0.15, -0.1) is 24.8 Å². The number of halogens is 2. The maximum atomic E-state index is 12.4. The smallest absolute Gasteiger partial charge is 0.225 e. The fourth-order valence-electron chi connectivity index (χ4n) is 3.49. The average Bonchev–Trinajstić information content (AvgIpc) is 2.62. The van der Waals surface area contributed by atoms with Gasteiger partial charge in [0, 0.05) is 30.8 Å². The Balaban J connectivity index is 0.00000364. The van der Waals surface area contributed by atoms with Gasteiger partial charge in [-0.1, -0.05) is 19.3 Å². The van der Waals surface area contributed by atoms with Crippen molar-refractivity contribution >= 4 is 48.0 Å². The number of nitrogens with one attached hydrogen (secondary N) is 2. The number of hydrogen-bond donors (Lipinski definition) is 3. The summed E-state index contributed by atoms with van der Waals surface area (Å²) in [4.78, 5) is 26.2. The summed E-state index contributed by atoms with van der Waals surface area (Å²) in [6.45, 7) is 1.28. The number of benzene rings is 1. The van der Waals surface area contributed by atoms with Crippen molar-refractivity contribution in [2.24, 2.45) is 11.1 Å². The van der Waals surface area contributed by atoms with Crippen molar-refractivity contribution in [3.8, 4) is 0 Å². The molecule has 6 nitrogen and oxygen atoms in total. The zero-order valence-corrected chi connectivity index (χ0v) is 18.5. The number of carbonyl (C=O) groups is 2. The van der Waals surface area contributed by atoms with E-state index in [-0.39, 0.29) is 42.0 Å². The van der Waals surface area contributed by atoms with Gasteiger partial charge in [0.05, 0.1) is 0 Å². The molecule has 0 saturated heterocycles. The van der Waals surface area contributed by atoms with Crippen LogP contribution in [-0.4, -0.2) is 43.9 Å². The molecule has 160 valence electrons. The molecule has 0 spiro atoms. The van der Waals surface area contributed by atoms with Crippen molar-refractivity contribution in [1.29, 1.82) is 0 Å². The highest BCUT2D eigenvalue weighted by Gasteiger charge is 2.32. The molecule has 0 heterocycles. The largest absolute Gasteiger partial charge is 0.330 e. The number of amides is 2. The first-order chi connectivity index (χ1) is 12.4. The fourth-order valence-corrected chi connectivity index (χ4v) is 3.49. The lowest BCUT2D eigenvalue weighted by Gasteiger charge is -2.35. The number of carbonyl (C=O) groups excluding carboxylic acids is 2. The molecule has 2 amide bonds. The Kier molecular flexibility index (Phi) is 12.4. The van der Waals surface area contributed by atoms with Crippen molar-refractivity contribution in [3.05, 3.63) is 24.3 Å². The summed E-state index contributed by atoms with van der Waals surface area (Å²) in [5, 5.41) is 5.82. The molecule has 1 aliphatic carbocycles. The standard InChI is InChI=1S/C20H32N4O2.2ClH/c1-24(2)13-10-18(25)22-16-6-8-17(9-7-16)23-19(26)14-20(15-21)11-4-3-5-12-20;;/h6-9H,3-5,10-15,21H2,1-2H3,(H,22,25)(H,23,26);2*1H. The van der Waals surface area contributed by atoms with E-state index in [1.165, 1.54) is 6.42 Å². The summed E-state index contributed by atoms with van der Waals surface area (Å²) in [6, 6.07) is 7.25. The third-order valence-corrected chi connectivity index (χ3v) is 5.12. The number of nitrogens with two attached hydrogens (primary N) is 1. The molecule has 1 aliphatic rings. The van der Waals surface area contributed by atoms with Gasteiger partial charge in [0.25, 0.3) is 0 Å². The molecular formula is C20H34Cl2N4O2. The molecular weight excluding hydrogens is 399 g/mol. The van der Waals surface area contributed by atoms with E-state index in [0.29, 0.717) is 25.9 Å². The summed E-state index contributed by atoms with van der Waals surface area (Å²) >= 11 is 0. The van der Waals surface area contributed by atoms with Crippen molar-refractivity contribution in [2.45, 2.75) is 44.9 Å². The first-order valence-electron chi connectivity index (χ1n) is 9.47. The molecule has 1 aromatic rings. The van der Waals surface area contributed by atoms with Gasteiger partial charge in [-0.25, -0.2) is 0 Å². The molecule has 0 radical (unpaired) electrons. The van der Waals surface area contributed by atoms with Crippen LogP contribution in [-0.2, 0) is 9.59 Å². The Bertz CT molecular complexity index is 603. The topological polar surface area (TPSA) is 87.5 Å². The highest BCUT2D eigenvalue weighted by atomic mass is 35.5. The van der Waals surface area contributed by atoms with Gasteiger partial charge >= 0.3 is 0 Å². The van der Waals surface area contributed by atoms with Crippen LogP contribution in [0.1, 0.15) is 44.9 Å². The zero-order chi connectivity index (χ0) is 19.0. The van der Waals surface area contributed by atoms with Gasteiger partial charge in [-0.2, -0.15) is 0 Å². The average molecular weight is 433 g/mol. The van der Waals surface area contributed by atoms with Crippen molar-refractivity contribution in [2.75, 3.05) is 37.8 Å². The second-order valence-corrected chi connectivity index (χ2v) is 7.67. The van der Waals surface area contributed by atoms with Gasteiger partial charge in [0.15, 0.2) is 0 Å². The molecule has 0 unspecified atom stereocenters. The summed E-state index contributed by atoms with van der Waals surface area (Å²) in [7, 11) is 3.87. The first-order valence-corrected chi connectivity index (χ1v) is 9.47. The van der Waals surface area contributed by atoms with Crippen LogP contribution in [0.25, 0.3) is 0 Å². The molecule has 1 aromatic carbocycles. The normalized spacial score (nSPS) is 15.1. The van der Waals surface area contributed by atoms with Gasteiger partial charge < -0.3 is 21.3 Å². The lowest BCUT2D eigenvalue weighted by molar-refractivity contribution is -0.119. The van der Waals surface area contributed by atoms with Crippen molar-refractivity contribution < 1.29 is 9.59 Å². The fraction of sp³-hybridized carbons (Fsp3) is 0.600. The Morgan fingerprint density at radius 2 is 1.46 bits per heavy atom. The minimum Gasteiger partial charge on any atom is -0.330 e. The highest BCUT2D eigenvalue weighted by Crippen LogP contribution is 2.38. The van der Waals surface area contributed by atoms with Crippen LogP contribution in [0.2, 0.25) is 0 Å². The minimum absolute atomic E-state index is 0. The van der Waals surface area contributed by atoms with E-state index in [1.54, 1.807) is 0 Å². The van der Waals surface area contributed by atoms with E-state index >= 15 is 0 Å². The molecule has 2 rings (SSSR count). The molecule has 1 saturated carbocycles. The van der Waals surface area contributed by atoms with Crippen molar-refractivity contribution in [1.82, 2.24) is 4.90 Å². The van der Waals surface area contributed by atoms with E-state index in [1.807, 2.05) is 43.3 Å². The van der Waals surface area contributed by atoms with Gasteiger partial charge in [-0.05, 0) is 63.2 Å². The Hall–Kier alpha value is -1.34. The number of nitrogens with zero attached hydrogens (tertiary/aromatic N) is 1. The van der Waals surface area contributed by atoms with E-state index in [4.69, 9.17) is 5.73 Å². The second kappa shape index (κ2) is 13.0. The molecule has 4 N–H and O–H groups in total. The molecule has 1 fully saturated rings. The number of anilines is 2. The molecule has 0 bridgehead atoms. The van der Waals surface area contributed by atoms with E-state index in [2.05, 4.69) is 10.6 Å². The van der Waals surface area contributed by atoms with Crippen LogP contribution in [0, 0.1) is 5.41 Å². The van der Waals surface area contributed by atoms with Gasteiger partial charge in [0.1, 0.15) is 0 Å². The third kappa shape index (κ3) is 8.78. The lowest BCUT2D eigenvalue weighted by Crippen LogP contribution is -2.36. The molecule has 0 aliphatic heterocycles. The molecule has 0 atom stereocenters. The summed E-state index contributed by atoms with van der Waals surface area (Å²) < 4.78 is 0. The molecule has 0 aromatic heterocycles. The van der Waals surface area contributed by atoms with Crippen LogP contribution in [0.5, 0.6) is 0 Å². The highest BCUT2D eigenvalue weighted by molar-refractivity contribution is 5.93. The Morgan fingerprint density at radius 3 is 1.93 bits per heavy atom. The summed E-state index contributed by atoms with van der Waals surface area (Å²) in [5.74, 6) is -0.00205. The predicted octanol–water partition coefficient (Wildman–Crippen LogP) is 3.66. The quantitative estimate of drug-likeness (QED) is 0.584. The maximum Gasteiger partial charge on any atom is 0.225 e. The lowest BCUT2D eigenvalue weighted by atomic mass is 9.71. The van der Waals surface area contributed by atoms with Crippen LogP contribution in [0.3, 0.4) is 0 Å². The Labute approximate surface area is 180 Å². The predicted molar refractivity (Wildman–Crippen MR) is 121 cm³/mol. The molecule has 28 heavy (non-hydrogen) atoms. The van der Waals surface area contributed by atoms with Crippen LogP contribution in [0.15, 0.2) is 24.3 Å². The van der Waals surface area contributed by atoms with Crippen LogP contribution < -0.4 is 16.4 Å². The van der Waals surface area contributed by atoms with Crippen LogP contribution in [0.4, 0.5) is 11.4 Å². The van der Waals surface area contributed by atoms with Crippen LogP contribution >= 0.6 is 24.8 Å². The van der Waals surface area contributed by atoms with Gasteiger partial charge in [0.2, 0.25) is 11.8 Å². The number of rotatable bonds is 8. The molecule has 8 heteroatoms. The van der Waals surface area contributed by atoms with E-state index in [0.717, 1.165) is 37.1 Å². The minimum atomic E-state index is -0.0390. The zero-order valence-electron chi connectivity index (χ0n) is 16.8. The maximum absolute atomic E-state index is 12.4. The first kappa shape index (κ1) is 26.7. The third-order valence-electron chi connectivity index (χ3n) is 5.12. The van der Waals surface area contributed by atoms with E-state index < -0.39 is 0 Å².